The number of benzene rings is 3. The van der Waals surface area contributed by atoms with Gasteiger partial charge >= 0.3 is 0 Å². The maximum absolute atomic E-state index is 12.4. The number of hydrogen-bond donors (Lipinski definition) is 1. The fourth-order valence-corrected chi connectivity index (χ4v) is 3.81. The molecule has 0 bridgehead atoms. The largest absolute Gasteiger partial charge is 0.352 e. The minimum Gasteiger partial charge on any atom is -0.352 e. The van der Waals surface area contributed by atoms with Gasteiger partial charge in [-0.1, -0.05) is 57.9 Å². The molecule has 146 valence electrons. The first-order valence-corrected chi connectivity index (χ1v) is 10.5. The van der Waals surface area contributed by atoms with Crippen LogP contribution in [0.15, 0.2) is 77.3 Å². The van der Waals surface area contributed by atoms with Crippen LogP contribution in [0.1, 0.15) is 21.7 Å². The molecule has 0 aliphatic carbocycles. The van der Waals surface area contributed by atoms with E-state index in [1.54, 1.807) is 6.07 Å². The van der Waals surface area contributed by atoms with Crippen LogP contribution in [0.2, 0.25) is 5.02 Å². The van der Waals surface area contributed by atoms with Crippen LogP contribution in [0.5, 0.6) is 0 Å². The molecule has 4 nitrogen and oxygen atoms in total. The third-order valence-corrected chi connectivity index (χ3v) is 5.45. The van der Waals surface area contributed by atoms with E-state index < -0.39 is 0 Å². The minimum atomic E-state index is -0.0911. The van der Waals surface area contributed by atoms with Gasteiger partial charge in [0.05, 0.1) is 11.0 Å². The maximum atomic E-state index is 12.4. The summed E-state index contributed by atoms with van der Waals surface area (Å²) in [6, 6.07) is 23.3. The third kappa shape index (κ3) is 4.69. The Bertz CT molecular complexity index is 1150. The van der Waals surface area contributed by atoms with Gasteiger partial charge in [-0.3, -0.25) is 4.79 Å². The number of carbonyl (C=O) groups is 1. The summed E-state index contributed by atoms with van der Waals surface area (Å²) >= 11 is 9.41. The van der Waals surface area contributed by atoms with Crippen LogP contribution < -0.4 is 5.32 Å². The molecule has 0 fully saturated rings. The lowest BCUT2D eigenvalue weighted by Crippen LogP contribution is -2.26. The number of aromatic nitrogens is 2. The van der Waals surface area contributed by atoms with Gasteiger partial charge in [0.15, 0.2) is 0 Å². The molecule has 0 radical (unpaired) electrons. The summed E-state index contributed by atoms with van der Waals surface area (Å²) in [7, 11) is 0. The van der Waals surface area contributed by atoms with Gasteiger partial charge in [-0.05, 0) is 48.0 Å². The van der Waals surface area contributed by atoms with Crippen molar-refractivity contribution in [1.82, 2.24) is 14.9 Å². The van der Waals surface area contributed by atoms with Gasteiger partial charge in [0, 0.05) is 34.6 Å². The molecule has 1 heterocycles. The topological polar surface area (TPSA) is 46.9 Å². The van der Waals surface area contributed by atoms with Crippen molar-refractivity contribution in [2.45, 2.75) is 13.0 Å². The Morgan fingerprint density at radius 2 is 1.83 bits per heavy atom. The molecule has 0 aliphatic rings. The number of hydrogen-bond acceptors (Lipinski definition) is 2. The van der Waals surface area contributed by atoms with Crippen molar-refractivity contribution in [3.8, 4) is 0 Å². The number of imidazole rings is 1. The molecule has 0 saturated heterocycles. The summed E-state index contributed by atoms with van der Waals surface area (Å²) in [6.07, 6.45) is 0.641. The van der Waals surface area contributed by atoms with Crippen LogP contribution in [0.4, 0.5) is 0 Å². The Morgan fingerprint density at radius 1 is 1.03 bits per heavy atom. The normalized spacial score (nSPS) is 11.0. The van der Waals surface area contributed by atoms with Gasteiger partial charge in [0.1, 0.15) is 5.82 Å². The maximum Gasteiger partial charge on any atom is 0.251 e. The van der Waals surface area contributed by atoms with Crippen LogP contribution in [-0.4, -0.2) is 22.0 Å². The molecule has 4 rings (SSSR count). The van der Waals surface area contributed by atoms with E-state index in [1.165, 1.54) is 0 Å². The van der Waals surface area contributed by atoms with E-state index in [0.29, 0.717) is 25.1 Å². The number of amides is 1. The first-order chi connectivity index (χ1) is 14.1. The molecule has 0 unspecified atom stereocenters. The average Bonchev–Trinajstić information content (AvgIpc) is 3.07. The predicted molar refractivity (Wildman–Crippen MR) is 120 cm³/mol. The van der Waals surface area contributed by atoms with E-state index >= 15 is 0 Å². The third-order valence-electron chi connectivity index (χ3n) is 4.71. The van der Waals surface area contributed by atoms with Crippen molar-refractivity contribution in [3.05, 3.63) is 99.2 Å². The molecular weight excluding hydrogens is 450 g/mol. The molecule has 3 aromatic carbocycles. The second-order valence-corrected chi connectivity index (χ2v) is 8.10. The molecule has 1 amide bonds. The molecule has 0 spiro atoms. The van der Waals surface area contributed by atoms with E-state index in [9.17, 15) is 4.79 Å². The first-order valence-electron chi connectivity index (χ1n) is 9.32. The van der Waals surface area contributed by atoms with Gasteiger partial charge in [-0.15, -0.1) is 0 Å². The number of carbonyl (C=O) groups excluding carboxylic acids is 1. The van der Waals surface area contributed by atoms with Crippen molar-refractivity contribution in [2.75, 3.05) is 6.54 Å². The monoisotopic (exact) mass is 467 g/mol. The van der Waals surface area contributed by atoms with Crippen LogP contribution in [0, 0.1) is 0 Å². The SMILES string of the molecule is O=C(NCCc1nc2ccccc2n1Cc1ccc(Cl)cc1)c1cccc(Br)c1. The van der Waals surface area contributed by atoms with Crippen molar-refractivity contribution in [2.24, 2.45) is 0 Å². The Hall–Kier alpha value is -2.63. The summed E-state index contributed by atoms with van der Waals surface area (Å²) in [5, 5.41) is 3.71. The molecule has 4 aromatic rings. The Kier molecular flexibility index (Phi) is 5.97. The average molecular weight is 469 g/mol. The highest BCUT2D eigenvalue weighted by Crippen LogP contribution is 2.19. The van der Waals surface area contributed by atoms with Crippen LogP contribution in [-0.2, 0) is 13.0 Å². The Balaban J connectivity index is 1.52. The van der Waals surface area contributed by atoms with Gasteiger partial charge < -0.3 is 9.88 Å². The molecule has 0 aliphatic heterocycles. The predicted octanol–water partition coefficient (Wildman–Crippen LogP) is 5.47. The van der Waals surface area contributed by atoms with E-state index in [-0.39, 0.29) is 5.91 Å². The Morgan fingerprint density at radius 3 is 2.62 bits per heavy atom. The van der Waals surface area contributed by atoms with E-state index in [1.807, 2.05) is 60.7 Å². The lowest BCUT2D eigenvalue weighted by atomic mass is 10.2. The van der Waals surface area contributed by atoms with Crippen LogP contribution in [0.3, 0.4) is 0 Å². The minimum absolute atomic E-state index is 0.0911. The quantitative estimate of drug-likeness (QED) is 0.408. The highest BCUT2D eigenvalue weighted by molar-refractivity contribution is 9.10. The number of rotatable bonds is 6. The summed E-state index contributed by atoms with van der Waals surface area (Å²) in [4.78, 5) is 17.2. The van der Waals surface area contributed by atoms with Crippen molar-refractivity contribution in [3.63, 3.8) is 0 Å². The van der Waals surface area contributed by atoms with Crippen molar-refractivity contribution >= 4 is 44.5 Å². The highest BCUT2D eigenvalue weighted by Gasteiger charge is 2.12. The van der Waals surface area contributed by atoms with Gasteiger partial charge in [-0.25, -0.2) is 4.98 Å². The Labute approximate surface area is 182 Å². The van der Waals surface area contributed by atoms with E-state index in [0.717, 1.165) is 31.9 Å². The number of para-hydroxylation sites is 2. The number of halogens is 2. The van der Waals surface area contributed by atoms with Gasteiger partial charge in [0.2, 0.25) is 0 Å². The molecular formula is C23H19BrClN3O. The van der Waals surface area contributed by atoms with E-state index in [2.05, 4.69) is 31.9 Å². The molecule has 0 saturated carbocycles. The standard InChI is InChI=1S/C23H19BrClN3O/c24-18-5-3-4-17(14-18)23(29)26-13-12-22-27-20-6-1-2-7-21(20)28(22)15-16-8-10-19(25)11-9-16/h1-11,14H,12-13,15H2,(H,26,29). The van der Waals surface area contributed by atoms with Gasteiger partial charge in [0.25, 0.3) is 5.91 Å². The van der Waals surface area contributed by atoms with Crippen molar-refractivity contribution < 1.29 is 4.79 Å². The molecule has 0 atom stereocenters. The number of fused-ring (bicyclic) bond motifs is 1. The number of nitrogens with one attached hydrogen (secondary N) is 1. The van der Waals surface area contributed by atoms with Crippen molar-refractivity contribution in [1.29, 1.82) is 0 Å². The summed E-state index contributed by atoms with van der Waals surface area (Å²) in [5.41, 5.74) is 3.82. The van der Waals surface area contributed by atoms with Crippen LogP contribution in [0.25, 0.3) is 11.0 Å². The number of nitrogens with zero attached hydrogens (tertiary/aromatic N) is 2. The smallest absolute Gasteiger partial charge is 0.251 e. The van der Waals surface area contributed by atoms with E-state index in [4.69, 9.17) is 16.6 Å². The lowest BCUT2D eigenvalue weighted by Gasteiger charge is -2.10. The fraction of sp³-hybridized carbons (Fsp3) is 0.130. The zero-order chi connectivity index (χ0) is 20.2. The van der Waals surface area contributed by atoms with Crippen LogP contribution >= 0.6 is 27.5 Å². The second-order valence-electron chi connectivity index (χ2n) is 6.75. The molecule has 1 aromatic heterocycles. The second kappa shape index (κ2) is 8.80. The lowest BCUT2D eigenvalue weighted by molar-refractivity contribution is 0.0954. The fourth-order valence-electron chi connectivity index (χ4n) is 3.28. The zero-order valence-corrected chi connectivity index (χ0v) is 18.0. The molecule has 6 heteroatoms. The summed E-state index contributed by atoms with van der Waals surface area (Å²) in [6.45, 7) is 1.21. The zero-order valence-electron chi connectivity index (χ0n) is 15.6. The summed E-state index contributed by atoms with van der Waals surface area (Å²) in [5.74, 6) is 0.849. The molecule has 1 N–H and O–H groups in total. The summed E-state index contributed by atoms with van der Waals surface area (Å²) < 4.78 is 3.08. The first kappa shape index (κ1) is 19.7. The van der Waals surface area contributed by atoms with Gasteiger partial charge in [-0.2, -0.15) is 0 Å². The molecule has 29 heavy (non-hydrogen) atoms. The highest BCUT2D eigenvalue weighted by atomic mass is 79.9.